The predicted molar refractivity (Wildman–Crippen MR) is 126 cm³/mol. The van der Waals surface area contributed by atoms with Crippen LogP contribution in [-0.2, 0) is 20.2 Å². The lowest BCUT2D eigenvalue weighted by Gasteiger charge is -2.36. The highest BCUT2D eigenvalue weighted by molar-refractivity contribution is 7.92. The Hall–Kier alpha value is -2.34. The van der Waals surface area contributed by atoms with E-state index in [-0.39, 0.29) is 10.8 Å². The van der Waals surface area contributed by atoms with Crippen LogP contribution in [0.5, 0.6) is 0 Å². The van der Waals surface area contributed by atoms with Gasteiger partial charge in [0.25, 0.3) is 10.0 Å². The number of nitrogens with one attached hydrogen (secondary N) is 2. The van der Waals surface area contributed by atoms with E-state index < -0.39 is 15.4 Å². The highest BCUT2D eigenvalue weighted by Gasteiger charge is 2.40. The van der Waals surface area contributed by atoms with E-state index in [9.17, 15) is 13.2 Å². The molecule has 6 heteroatoms. The minimum absolute atomic E-state index is 0.0904. The Bertz CT molecular complexity index is 974. The number of carbonyl (C=O) groups excluding carboxylic acids is 1. The Morgan fingerprint density at radius 2 is 1.58 bits per heavy atom. The Labute approximate surface area is 186 Å². The summed E-state index contributed by atoms with van der Waals surface area (Å²) in [5.74, 6) is 0.437. The van der Waals surface area contributed by atoms with Crippen molar-refractivity contribution in [2.45, 2.75) is 75.5 Å². The summed E-state index contributed by atoms with van der Waals surface area (Å²) in [6.45, 7) is 6.87. The maximum Gasteiger partial charge on any atom is 0.261 e. The van der Waals surface area contributed by atoms with Crippen molar-refractivity contribution in [1.82, 2.24) is 5.32 Å². The maximum atomic E-state index is 13.0. The molecule has 0 spiro atoms. The van der Waals surface area contributed by atoms with Gasteiger partial charge in [0.05, 0.1) is 10.3 Å². The number of hydrogen-bond acceptors (Lipinski definition) is 3. The normalized spacial score (nSPS) is 16.1. The second-order valence-electron chi connectivity index (χ2n) is 8.81. The first-order valence-corrected chi connectivity index (χ1v) is 12.8. The molecule has 0 bridgehead atoms. The van der Waals surface area contributed by atoms with Crippen LogP contribution in [0.1, 0.15) is 76.3 Å². The SMILES string of the molecule is CCCNC(=O)C1(c2ccc(NS(=O)(=O)c3ccc(C(C)C)cc3)cc2)CCCCC1. The van der Waals surface area contributed by atoms with Crippen molar-refractivity contribution in [3.63, 3.8) is 0 Å². The number of anilines is 1. The van der Waals surface area contributed by atoms with Crippen LogP contribution in [-0.4, -0.2) is 20.9 Å². The van der Waals surface area contributed by atoms with Gasteiger partial charge in [0.2, 0.25) is 5.91 Å². The molecule has 31 heavy (non-hydrogen) atoms. The van der Waals surface area contributed by atoms with E-state index >= 15 is 0 Å². The van der Waals surface area contributed by atoms with Gasteiger partial charge >= 0.3 is 0 Å². The third-order valence-electron chi connectivity index (χ3n) is 6.22. The van der Waals surface area contributed by atoms with Crippen LogP contribution in [0.2, 0.25) is 0 Å². The molecule has 1 saturated carbocycles. The summed E-state index contributed by atoms with van der Waals surface area (Å²) in [5, 5.41) is 3.08. The number of benzene rings is 2. The lowest BCUT2D eigenvalue weighted by atomic mass is 9.68. The summed E-state index contributed by atoms with van der Waals surface area (Å²) in [6, 6.07) is 14.3. The van der Waals surface area contributed by atoms with Gasteiger partial charge in [0.1, 0.15) is 0 Å². The quantitative estimate of drug-likeness (QED) is 0.579. The minimum Gasteiger partial charge on any atom is -0.355 e. The molecular formula is C25H34N2O3S. The second kappa shape index (κ2) is 9.86. The molecule has 0 saturated heterocycles. The lowest BCUT2D eigenvalue weighted by molar-refractivity contribution is -0.128. The van der Waals surface area contributed by atoms with Crippen LogP contribution >= 0.6 is 0 Å². The molecular weight excluding hydrogens is 408 g/mol. The largest absolute Gasteiger partial charge is 0.355 e. The van der Waals surface area contributed by atoms with Gasteiger partial charge < -0.3 is 5.32 Å². The summed E-state index contributed by atoms with van der Waals surface area (Å²) in [6.07, 6.45) is 5.77. The number of carbonyl (C=O) groups is 1. The van der Waals surface area contributed by atoms with Gasteiger partial charge in [-0.2, -0.15) is 0 Å². The summed E-state index contributed by atoms with van der Waals surface area (Å²) in [4.78, 5) is 13.3. The zero-order valence-electron chi connectivity index (χ0n) is 18.8. The summed E-state index contributed by atoms with van der Waals surface area (Å²) in [5.41, 5.74) is 2.04. The van der Waals surface area contributed by atoms with E-state index in [1.54, 1.807) is 24.3 Å². The van der Waals surface area contributed by atoms with Crippen molar-refractivity contribution in [1.29, 1.82) is 0 Å². The van der Waals surface area contributed by atoms with Gasteiger partial charge in [-0.05, 0) is 60.6 Å². The van der Waals surface area contributed by atoms with Crippen LogP contribution in [0.25, 0.3) is 0 Å². The van der Waals surface area contributed by atoms with E-state index in [4.69, 9.17) is 0 Å². The Kier molecular flexibility index (Phi) is 7.42. The molecule has 0 radical (unpaired) electrons. The lowest BCUT2D eigenvalue weighted by Crippen LogP contribution is -2.46. The van der Waals surface area contributed by atoms with E-state index in [2.05, 4.69) is 23.9 Å². The summed E-state index contributed by atoms with van der Waals surface area (Å²) in [7, 11) is -3.67. The van der Waals surface area contributed by atoms with Gasteiger partial charge in [0, 0.05) is 12.2 Å². The highest BCUT2D eigenvalue weighted by atomic mass is 32.2. The Morgan fingerprint density at radius 3 is 2.13 bits per heavy atom. The molecule has 1 fully saturated rings. The fourth-order valence-electron chi connectivity index (χ4n) is 4.31. The van der Waals surface area contributed by atoms with E-state index in [0.29, 0.717) is 18.2 Å². The van der Waals surface area contributed by atoms with Gasteiger partial charge in [-0.25, -0.2) is 8.42 Å². The average Bonchev–Trinajstić information content (AvgIpc) is 2.78. The van der Waals surface area contributed by atoms with E-state index in [1.165, 1.54) is 0 Å². The van der Waals surface area contributed by atoms with Crippen LogP contribution in [0.4, 0.5) is 5.69 Å². The molecule has 2 N–H and O–H groups in total. The van der Waals surface area contributed by atoms with Gasteiger partial charge in [-0.3, -0.25) is 9.52 Å². The van der Waals surface area contributed by atoms with E-state index in [0.717, 1.165) is 49.7 Å². The van der Waals surface area contributed by atoms with E-state index in [1.807, 2.05) is 31.2 Å². The number of hydrogen-bond donors (Lipinski definition) is 2. The Balaban J connectivity index is 1.80. The van der Waals surface area contributed by atoms with Gasteiger partial charge in [-0.15, -0.1) is 0 Å². The average molecular weight is 443 g/mol. The van der Waals surface area contributed by atoms with Crippen molar-refractivity contribution in [3.8, 4) is 0 Å². The first-order valence-electron chi connectivity index (χ1n) is 11.3. The van der Waals surface area contributed by atoms with Crippen LogP contribution in [0, 0.1) is 0 Å². The molecule has 2 aromatic carbocycles. The number of sulfonamides is 1. The van der Waals surface area contributed by atoms with Crippen LogP contribution in [0.15, 0.2) is 53.4 Å². The standard InChI is InChI=1S/C25H34N2O3S/c1-4-18-26-24(28)25(16-6-5-7-17-25)21-10-12-22(13-11-21)27-31(29,30)23-14-8-20(9-15-23)19(2)3/h8-15,19,27H,4-7,16-18H2,1-3H3,(H,26,28). The molecule has 168 valence electrons. The third-order valence-corrected chi connectivity index (χ3v) is 7.62. The monoisotopic (exact) mass is 442 g/mol. The Morgan fingerprint density at radius 1 is 0.968 bits per heavy atom. The fourth-order valence-corrected chi connectivity index (χ4v) is 5.37. The molecule has 1 amide bonds. The first kappa shape index (κ1) is 23.3. The predicted octanol–water partition coefficient (Wildman–Crippen LogP) is 5.34. The van der Waals surface area contributed by atoms with Crippen molar-refractivity contribution in [2.75, 3.05) is 11.3 Å². The highest BCUT2D eigenvalue weighted by Crippen LogP contribution is 2.40. The molecule has 0 unspecified atom stereocenters. The second-order valence-corrected chi connectivity index (χ2v) is 10.5. The van der Waals surface area contributed by atoms with Crippen molar-refractivity contribution < 1.29 is 13.2 Å². The van der Waals surface area contributed by atoms with Crippen LogP contribution in [0.3, 0.4) is 0 Å². The molecule has 3 rings (SSSR count). The van der Waals surface area contributed by atoms with Crippen molar-refractivity contribution >= 4 is 21.6 Å². The zero-order chi connectivity index (χ0) is 22.5. The summed E-state index contributed by atoms with van der Waals surface area (Å²) < 4.78 is 28.2. The molecule has 1 aliphatic carbocycles. The smallest absolute Gasteiger partial charge is 0.261 e. The molecule has 1 aliphatic rings. The van der Waals surface area contributed by atoms with Crippen LogP contribution < -0.4 is 10.0 Å². The molecule has 0 atom stereocenters. The summed E-state index contributed by atoms with van der Waals surface area (Å²) >= 11 is 0. The molecule has 0 heterocycles. The molecule has 5 nitrogen and oxygen atoms in total. The third kappa shape index (κ3) is 5.29. The molecule has 0 aliphatic heterocycles. The van der Waals surface area contributed by atoms with Crippen molar-refractivity contribution in [2.24, 2.45) is 0 Å². The number of rotatable bonds is 8. The number of amides is 1. The zero-order valence-corrected chi connectivity index (χ0v) is 19.6. The maximum absolute atomic E-state index is 13.0. The topological polar surface area (TPSA) is 75.3 Å². The van der Waals surface area contributed by atoms with Gasteiger partial charge in [0.15, 0.2) is 0 Å². The molecule has 0 aromatic heterocycles. The first-order chi connectivity index (χ1) is 14.8. The minimum atomic E-state index is -3.67. The fraction of sp³-hybridized carbons (Fsp3) is 0.480. The van der Waals surface area contributed by atoms with Crippen molar-refractivity contribution in [3.05, 3.63) is 59.7 Å². The molecule has 2 aromatic rings. The van der Waals surface area contributed by atoms with Gasteiger partial charge in [-0.1, -0.05) is 64.3 Å².